The summed E-state index contributed by atoms with van der Waals surface area (Å²) < 4.78 is 11.4. The fourth-order valence-corrected chi connectivity index (χ4v) is 3.17. The van der Waals surface area contributed by atoms with E-state index in [9.17, 15) is 4.79 Å². The summed E-state index contributed by atoms with van der Waals surface area (Å²) in [5.74, 6) is 0.840. The molecule has 1 heterocycles. The summed E-state index contributed by atoms with van der Waals surface area (Å²) >= 11 is 4.78. The van der Waals surface area contributed by atoms with Gasteiger partial charge in [0.2, 0.25) is 0 Å². The van der Waals surface area contributed by atoms with Gasteiger partial charge in [-0.1, -0.05) is 28.1 Å². The van der Waals surface area contributed by atoms with E-state index in [2.05, 4.69) is 26.2 Å². The van der Waals surface area contributed by atoms with Crippen molar-refractivity contribution >= 4 is 38.3 Å². The SMILES string of the molecule is COc1cc(OC)cc(C(=O)Nc2nc(-c3ccc(Br)cc3)cs2)c1. The maximum atomic E-state index is 12.5. The third-order valence-electron chi connectivity index (χ3n) is 3.48. The maximum Gasteiger partial charge on any atom is 0.257 e. The number of amides is 1. The van der Waals surface area contributed by atoms with Crippen LogP contribution < -0.4 is 14.8 Å². The number of nitrogens with one attached hydrogen (secondary N) is 1. The van der Waals surface area contributed by atoms with E-state index < -0.39 is 0 Å². The van der Waals surface area contributed by atoms with Crippen molar-refractivity contribution in [3.8, 4) is 22.8 Å². The fraction of sp³-hybridized carbons (Fsp3) is 0.111. The van der Waals surface area contributed by atoms with Crippen molar-refractivity contribution in [1.29, 1.82) is 0 Å². The van der Waals surface area contributed by atoms with Gasteiger partial charge in [0.1, 0.15) is 11.5 Å². The van der Waals surface area contributed by atoms with Crippen LogP contribution in [0, 0.1) is 0 Å². The summed E-state index contributed by atoms with van der Waals surface area (Å²) in [6, 6.07) is 12.9. The smallest absolute Gasteiger partial charge is 0.257 e. The highest BCUT2D eigenvalue weighted by molar-refractivity contribution is 9.10. The first-order chi connectivity index (χ1) is 12.1. The van der Waals surface area contributed by atoms with E-state index in [0.717, 1.165) is 15.7 Å². The van der Waals surface area contributed by atoms with Crippen LogP contribution >= 0.6 is 27.3 Å². The van der Waals surface area contributed by atoms with Crippen molar-refractivity contribution < 1.29 is 14.3 Å². The van der Waals surface area contributed by atoms with Gasteiger partial charge in [-0.3, -0.25) is 10.1 Å². The van der Waals surface area contributed by atoms with Crippen LogP contribution in [0.25, 0.3) is 11.3 Å². The first kappa shape index (κ1) is 17.4. The van der Waals surface area contributed by atoms with E-state index in [1.807, 2.05) is 29.6 Å². The summed E-state index contributed by atoms with van der Waals surface area (Å²) in [4.78, 5) is 16.9. The minimum Gasteiger partial charge on any atom is -0.497 e. The number of hydrogen-bond acceptors (Lipinski definition) is 5. The maximum absolute atomic E-state index is 12.5. The van der Waals surface area contributed by atoms with Crippen molar-refractivity contribution in [3.05, 3.63) is 57.9 Å². The highest BCUT2D eigenvalue weighted by atomic mass is 79.9. The Morgan fingerprint density at radius 3 is 2.32 bits per heavy atom. The van der Waals surface area contributed by atoms with Crippen LogP contribution in [0.2, 0.25) is 0 Å². The number of nitrogens with zero attached hydrogens (tertiary/aromatic N) is 1. The van der Waals surface area contributed by atoms with Crippen LogP contribution in [0.4, 0.5) is 5.13 Å². The van der Waals surface area contributed by atoms with Crippen molar-refractivity contribution in [1.82, 2.24) is 4.98 Å². The zero-order valence-electron chi connectivity index (χ0n) is 13.6. The van der Waals surface area contributed by atoms with Crippen LogP contribution in [-0.2, 0) is 0 Å². The normalized spacial score (nSPS) is 10.4. The number of carbonyl (C=O) groups is 1. The average molecular weight is 419 g/mol. The van der Waals surface area contributed by atoms with Gasteiger partial charge in [0.25, 0.3) is 5.91 Å². The molecule has 0 unspecified atom stereocenters. The van der Waals surface area contributed by atoms with Gasteiger partial charge in [-0.15, -0.1) is 11.3 Å². The molecule has 1 aromatic heterocycles. The predicted molar refractivity (Wildman–Crippen MR) is 103 cm³/mol. The molecule has 0 spiro atoms. The molecule has 3 rings (SSSR count). The lowest BCUT2D eigenvalue weighted by molar-refractivity contribution is 0.102. The molecule has 5 nitrogen and oxygen atoms in total. The molecule has 0 saturated heterocycles. The second-order valence-corrected chi connectivity index (χ2v) is 6.87. The topological polar surface area (TPSA) is 60.5 Å². The Hall–Kier alpha value is -2.38. The second kappa shape index (κ2) is 7.67. The van der Waals surface area contributed by atoms with Gasteiger partial charge in [-0.05, 0) is 24.3 Å². The van der Waals surface area contributed by atoms with E-state index in [4.69, 9.17) is 9.47 Å². The Morgan fingerprint density at radius 1 is 1.08 bits per heavy atom. The molecule has 0 bridgehead atoms. The van der Waals surface area contributed by atoms with E-state index in [-0.39, 0.29) is 5.91 Å². The molecule has 25 heavy (non-hydrogen) atoms. The molecule has 0 aliphatic heterocycles. The molecule has 1 N–H and O–H groups in total. The Morgan fingerprint density at radius 2 is 1.72 bits per heavy atom. The number of anilines is 1. The summed E-state index contributed by atoms with van der Waals surface area (Å²) in [7, 11) is 3.09. The van der Waals surface area contributed by atoms with Crippen molar-refractivity contribution in [2.24, 2.45) is 0 Å². The quantitative estimate of drug-likeness (QED) is 0.643. The van der Waals surface area contributed by atoms with Gasteiger partial charge in [-0.25, -0.2) is 4.98 Å². The van der Waals surface area contributed by atoms with Crippen LogP contribution in [0.5, 0.6) is 11.5 Å². The number of halogens is 1. The largest absolute Gasteiger partial charge is 0.497 e. The number of ether oxygens (including phenoxy) is 2. The first-order valence-corrected chi connectivity index (χ1v) is 9.02. The van der Waals surface area contributed by atoms with Crippen LogP contribution in [0.1, 0.15) is 10.4 Å². The number of benzene rings is 2. The van der Waals surface area contributed by atoms with E-state index >= 15 is 0 Å². The molecule has 2 aromatic carbocycles. The third kappa shape index (κ3) is 4.18. The fourth-order valence-electron chi connectivity index (χ4n) is 2.19. The Bertz CT molecular complexity index is 871. The number of thiazole rings is 1. The Kier molecular flexibility index (Phi) is 5.35. The van der Waals surface area contributed by atoms with E-state index in [1.54, 1.807) is 32.4 Å². The highest BCUT2D eigenvalue weighted by Crippen LogP contribution is 2.27. The number of rotatable bonds is 5. The van der Waals surface area contributed by atoms with Gasteiger partial charge < -0.3 is 9.47 Å². The van der Waals surface area contributed by atoms with Crippen molar-refractivity contribution in [3.63, 3.8) is 0 Å². The summed E-state index contributed by atoms with van der Waals surface area (Å²) in [5.41, 5.74) is 2.25. The van der Waals surface area contributed by atoms with E-state index in [1.165, 1.54) is 11.3 Å². The molecule has 0 saturated carbocycles. The van der Waals surface area contributed by atoms with Gasteiger partial charge in [0.05, 0.1) is 19.9 Å². The zero-order chi connectivity index (χ0) is 17.8. The minimum absolute atomic E-state index is 0.270. The summed E-state index contributed by atoms with van der Waals surface area (Å²) in [6.07, 6.45) is 0. The monoisotopic (exact) mass is 418 g/mol. The summed E-state index contributed by atoms with van der Waals surface area (Å²) in [6.45, 7) is 0. The highest BCUT2D eigenvalue weighted by Gasteiger charge is 2.13. The molecule has 1 amide bonds. The summed E-state index contributed by atoms with van der Waals surface area (Å²) in [5, 5.41) is 5.25. The molecule has 0 aliphatic rings. The standard InChI is InChI=1S/C18H15BrN2O3S/c1-23-14-7-12(8-15(9-14)24-2)17(22)21-18-20-16(10-25-18)11-3-5-13(19)6-4-11/h3-10H,1-2H3,(H,20,21,22). The molecular weight excluding hydrogens is 404 g/mol. The van der Waals surface area contributed by atoms with Crippen molar-refractivity contribution in [2.75, 3.05) is 19.5 Å². The Balaban J connectivity index is 1.79. The molecule has 3 aromatic rings. The average Bonchev–Trinajstić information content (AvgIpc) is 3.10. The lowest BCUT2D eigenvalue weighted by Crippen LogP contribution is -2.12. The number of methoxy groups -OCH3 is 2. The van der Waals surface area contributed by atoms with Gasteiger partial charge in [0.15, 0.2) is 5.13 Å². The molecule has 7 heteroatoms. The zero-order valence-corrected chi connectivity index (χ0v) is 16.0. The Labute approximate surface area is 157 Å². The molecule has 0 atom stereocenters. The van der Waals surface area contributed by atoms with E-state index in [0.29, 0.717) is 22.2 Å². The van der Waals surface area contributed by atoms with Crippen LogP contribution in [-0.4, -0.2) is 25.1 Å². The second-order valence-electron chi connectivity index (χ2n) is 5.10. The number of carbonyl (C=O) groups excluding carboxylic acids is 1. The predicted octanol–water partition coefficient (Wildman–Crippen LogP) is 4.84. The molecule has 128 valence electrons. The number of hydrogen-bond donors (Lipinski definition) is 1. The van der Waals surface area contributed by atoms with Crippen LogP contribution in [0.3, 0.4) is 0 Å². The lowest BCUT2D eigenvalue weighted by atomic mass is 10.2. The first-order valence-electron chi connectivity index (χ1n) is 7.35. The van der Waals surface area contributed by atoms with Crippen LogP contribution in [0.15, 0.2) is 52.3 Å². The van der Waals surface area contributed by atoms with Gasteiger partial charge in [0, 0.05) is 27.0 Å². The lowest BCUT2D eigenvalue weighted by Gasteiger charge is -2.08. The molecule has 0 fully saturated rings. The molecule has 0 aliphatic carbocycles. The molecule has 0 radical (unpaired) electrons. The van der Waals surface area contributed by atoms with Crippen molar-refractivity contribution in [2.45, 2.75) is 0 Å². The van der Waals surface area contributed by atoms with Gasteiger partial charge >= 0.3 is 0 Å². The van der Waals surface area contributed by atoms with Gasteiger partial charge in [-0.2, -0.15) is 0 Å². The third-order valence-corrected chi connectivity index (χ3v) is 4.76. The molecular formula is C18H15BrN2O3S. The number of aromatic nitrogens is 1. The minimum atomic E-state index is -0.270.